The summed E-state index contributed by atoms with van der Waals surface area (Å²) >= 11 is 0. The van der Waals surface area contributed by atoms with E-state index in [1.165, 1.54) is 44.9 Å². The molecule has 4 unspecified atom stereocenters. The second-order valence-corrected chi connectivity index (χ2v) is 18.0. The average molecular weight is 952 g/mol. The molecule has 11 N–H and O–H groups in total. The zero-order chi connectivity index (χ0) is 44.5. The molecule has 1 saturated carbocycles. The molecular weight excluding hydrogens is 882 g/mol. The highest BCUT2D eigenvalue weighted by Crippen LogP contribution is 2.53. The second kappa shape index (κ2) is 29.8. The number of carbonyl (C=O) groups excluding carboxylic acids is 2. The van der Waals surface area contributed by atoms with Crippen LogP contribution in [0.25, 0.3) is 0 Å². The summed E-state index contributed by atoms with van der Waals surface area (Å²) in [5.41, 5.74) is 0. The van der Waals surface area contributed by atoms with Crippen LogP contribution in [0.2, 0.25) is 0 Å². The van der Waals surface area contributed by atoms with Crippen LogP contribution in [0.1, 0.15) is 113 Å². The minimum atomic E-state index is -5.70. The summed E-state index contributed by atoms with van der Waals surface area (Å²) in [6.07, 6.45) is 3.76. The number of terminal acetylenes is 1. The highest BCUT2D eigenvalue weighted by Gasteiger charge is 2.54. The predicted octanol–water partition coefficient (Wildman–Crippen LogP) is 5.15. The van der Waals surface area contributed by atoms with E-state index in [0.717, 1.165) is 25.7 Å². The highest BCUT2D eigenvalue weighted by molar-refractivity contribution is 7.47. The van der Waals surface area contributed by atoms with E-state index in [-0.39, 0.29) is 22.6 Å². The number of hydrogen-bond acceptors (Lipinski definition) is 15. The molecule has 0 aliphatic heterocycles. The van der Waals surface area contributed by atoms with Gasteiger partial charge >= 0.3 is 43.2 Å². The number of aliphatic hydroxyl groups excluding tert-OH is 1. The van der Waals surface area contributed by atoms with Crippen LogP contribution < -0.4 is 6.15 Å². The Morgan fingerprint density at radius 3 is 1.67 bits per heavy atom. The van der Waals surface area contributed by atoms with Gasteiger partial charge in [0.15, 0.2) is 6.10 Å². The number of rotatable bonds is 28. The van der Waals surface area contributed by atoms with E-state index < -0.39 is 99.5 Å². The second-order valence-electron chi connectivity index (χ2n) is 13.0. The van der Waals surface area contributed by atoms with E-state index in [1.807, 2.05) is 11.8 Å². The molecule has 26 heteroatoms. The molecule has 1 fully saturated rings. The van der Waals surface area contributed by atoms with Crippen LogP contribution in [0.4, 0.5) is 0 Å². The van der Waals surface area contributed by atoms with Gasteiger partial charge in [-0.25, -0.2) is 23.1 Å². The van der Waals surface area contributed by atoms with Crippen LogP contribution in [0.5, 0.6) is 0 Å². The first-order valence-electron chi connectivity index (χ1n) is 18.4. The fourth-order valence-electron chi connectivity index (χ4n) is 5.52. The van der Waals surface area contributed by atoms with E-state index in [1.54, 1.807) is 0 Å². The molecule has 22 nitrogen and oxygen atoms in total. The molecule has 0 radical (unpaired) electrons. The number of unbranched alkanes of at least 4 members (excludes halogenated alkanes) is 12. The van der Waals surface area contributed by atoms with Crippen LogP contribution in [0.15, 0.2) is 0 Å². The van der Waals surface area contributed by atoms with Crippen molar-refractivity contribution in [3.63, 3.8) is 0 Å². The van der Waals surface area contributed by atoms with Crippen molar-refractivity contribution in [1.82, 2.24) is 6.15 Å². The third-order valence-electron chi connectivity index (χ3n) is 8.02. The molecular formula is C34H69NO21P4. The Morgan fingerprint density at radius 2 is 1.15 bits per heavy atom. The highest BCUT2D eigenvalue weighted by atomic mass is 31.2. The normalized spacial score (nSPS) is 20.5. The fraction of sp³-hybridized carbons (Fsp3) is 0.706. The topological polar surface area (TPSA) is 364 Å². The molecule has 0 heterocycles. The Bertz CT molecular complexity index is 1790. The lowest BCUT2D eigenvalue weighted by molar-refractivity contribution is -0.165. The van der Waals surface area contributed by atoms with Gasteiger partial charge in [0.25, 0.3) is 0 Å². The summed E-state index contributed by atoms with van der Waals surface area (Å²) in [7, 11) is -22.5. The molecule has 356 valence electrons. The Morgan fingerprint density at radius 1 is 0.667 bits per heavy atom. The Hall–Kier alpha value is -2.46. The van der Waals surface area contributed by atoms with Gasteiger partial charge in [0.2, 0.25) is 0 Å². The maximum atomic E-state index is 13.1. The van der Waals surface area contributed by atoms with E-state index in [9.17, 15) is 67.2 Å². The third kappa shape index (κ3) is 29.0. The van der Waals surface area contributed by atoms with Crippen molar-refractivity contribution < 1.29 is 109 Å². The van der Waals surface area contributed by atoms with Gasteiger partial charge in [0.05, 0.1) is 6.61 Å². The molecule has 1 aliphatic carbocycles. The monoisotopic (exact) mass is 951 g/mol. The van der Waals surface area contributed by atoms with Gasteiger partial charge in [-0.1, -0.05) is 84.0 Å². The summed E-state index contributed by atoms with van der Waals surface area (Å²) in [5.74, 6) is 13.1. The maximum absolute atomic E-state index is 13.1. The van der Waals surface area contributed by atoms with Crippen LogP contribution in [0, 0.1) is 47.9 Å². The fourth-order valence-corrected chi connectivity index (χ4v) is 8.18. The first-order valence-corrected chi connectivity index (χ1v) is 24.5. The Labute approximate surface area is 359 Å². The van der Waals surface area contributed by atoms with E-state index in [0.29, 0.717) is 12.8 Å². The molecule has 60 heavy (non-hydrogen) atoms. The minimum absolute atomic E-state index is 0. The van der Waals surface area contributed by atoms with Crippen LogP contribution in [-0.2, 0) is 59.9 Å². The van der Waals surface area contributed by atoms with Crippen LogP contribution in [0.3, 0.4) is 0 Å². The first kappa shape index (κ1) is 57.5. The number of phosphoric ester groups is 4. The van der Waals surface area contributed by atoms with Crippen molar-refractivity contribution in [2.75, 3.05) is 13.2 Å². The smallest absolute Gasteiger partial charge is 0.456 e. The molecule has 7 atom stereocenters. The molecule has 0 amide bonds. The summed E-state index contributed by atoms with van der Waals surface area (Å²) in [6, 6.07) is 0. The van der Waals surface area contributed by atoms with Gasteiger partial charge < -0.3 is 55.0 Å². The number of aliphatic hydroxyl groups is 1. The lowest BCUT2D eigenvalue weighted by Crippen LogP contribution is -2.58. The zero-order valence-corrected chi connectivity index (χ0v) is 36.5. The van der Waals surface area contributed by atoms with Gasteiger partial charge in [0.1, 0.15) is 37.1 Å². The van der Waals surface area contributed by atoms with Crippen LogP contribution >= 0.6 is 31.3 Å². The van der Waals surface area contributed by atoms with Crippen LogP contribution in [-0.4, -0.2) is 101 Å². The third-order valence-corrected chi connectivity index (χ3v) is 10.6. The van der Waals surface area contributed by atoms with Gasteiger partial charge in [-0.15, -0.1) is 6.42 Å². The number of esters is 2. The average Bonchev–Trinajstić information content (AvgIpc) is 3.11. The summed E-state index contributed by atoms with van der Waals surface area (Å²) in [4.78, 5) is 91.4. The van der Waals surface area contributed by atoms with Crippen molar-refractivity contribution in [3.8, 4) is 47.9 Å². The number of hydrogen-bond donors (Lipinski definition) is 9. The molecule has 0 bridgehead atoms. The van der Waals surface area contributed by atoms with Gasteiger partial charge in [0, 0.05) is 28.7 Å². The maximum Gasteiger partial charge on any atom is 0.472 e. The Kier molecular flexibility index (Phi) is 28.6. The molecule has 0 aromatic rings. The molecule has 1 rings (SSSR count). The lowest BCUT2D eigenvalue weighted by Gasteiger charge is -2.43. The van der Waals surface area contributed by atoms with Crippen molar-refractivity contribution in [2.45, 2.75) is 140 Å². The number of phosphoric acid groups is 4. The predicted molar refractivity (Wildman–Crippen MR) is 225 cm³/mol. The molecule has 0 aromatic heterocycles. The quantitative estimate of drug-likeness (QED) is 0.0161. The zero-order valence-electron chi connectivity index (χ0n) is 32.9. The van der Waals surface area contributed by atoms with Gasteiger partial charge in [-0.3, -0.25) is 27.4 Å². The Balaban J connectivity index is -0.000000725. The first-order chi connectivity index (χ1) is 27.6. The largest absolute Gasteiger partial charge is 0.472 e. The number of ether oxygens (including phenoxy) is 2. The summed E-state index contributed by atoms with van der Waals surface area (Å²) < 4.78 is 81.1. The van der Waals surface area contributed by atoms with E-state index in [4.69, 9.17) is 24.9 Å². The van der Waals surface area contributed by atoms with E-state index >= 15 is 0 Å². The molecule has 0 aromatic carbocycles. The van der Waals surface area contributed by atoms with Gasteiger partial charge in [-0.05, 0) is 41.9 Å². The van der Waals surface area contributed by atoms with Crippen molar-refractivity contribution in [1.29, 1.82) is 0 Å². The molecule has 1 aliphatic rings. The van der Waals surface area contributed by atoms with Gasteiger partial charge in [-0.2, -0.15) is 0 Å². The standard InChI is InChI=1S/C34H52O21P4.H3N.7H2/c1-3-5-7-9-11-12-13-14-15-16-17-19-21-23-31(36)51-27(25-49-30(35)22-20-18-10-8-6-4-2)26-50-59(47,48)53-28-24-29(52-56(38,39)40)33(54-57(41,42)43)34(32(28)37)55-58(44,45)46;;;;;;;;/h2,27-29,32-34,37H,3,5,7,9,11-17,19,21,23-26H2,1H3,(H,47,48)(H2,38,39,40)(H2,41,42,43)(H2,44,45,46);1H3;7*1H/t27-,28?,29?,32?,33-,34+;;;;;;;;/m1......../s1. The molecule has 0 spiro atoms. The number of carbonyl (C=O) groups is 2. The van der Waals surface area contributed by atoms with Crippen molar-refractivity contribution in [2.24, 2.45) is 0 Å². The summed E-state index contributed by atoms with van der Waals surface area (Å²) in [5, 5.41) is 10.8. The van der Waals surface area contributed by atoms with E-state index in [2.05, 4.69) is 50.1 Å². The molecule has 0 saturated heterocycles. The van der Waals surface area contributed by atoms with Crippen molar-refractivity contribution >= 4 is 43.2 Å². The summed E-state index contributed by atoms with van der Waals surface area (Å²) in [6.45, 7) is 0.364. The minimum Gasteiger partial charge on any atom is -0.456 e. The SMILES string of the molecule is C#CC#CC#CC#CC(=O)OC[C@H](COP(=O)(O)OC1CC(OP(=O)(O)O)[C@@H](OP(=O)(O)O)[C@@H](OP(=O)(O)O)C1O)OC(=O)CCCCCCCCCCCCCCC.N.[HH].[HH].[HH].[HH].[HH].[HH].[HH]. The lowest BCUT2D eigenvalue weighted by atomic mass is 9.87. The van der Waals surface area contributed by atoms with Crippen molar-refractivity contribution in [3.05, 3.63) is 0 Å².